The minimum atomic E-state index is -3.40. The number of aromatic nitrogens is 2. The van der Waals surface area contributed by atoms with Crippen LogP contribution in [0.15, 0.2) is 17.6 Å². The van der Waals surface area contributed by atoms with E-state index in [1.54, 1.807) is 0 Å². The second-order valence-electron chi connectivity index (χ2n) is 3.63. The van der Waals surface area contributed by atoms with E-state index < -0.39 is 10.0 Å². The summed E-state index contributed by atoms with van der Waals surface area (Å²) in [5.41, 5.74) is 0. The summed E-state index contributed by atoms with van der Waals surface area (Å²) in [4.78, 5) is 6.26. The highest BCUT2D eigenvalue weighted by Crippen LogP contribution is 2.08. The third-order valence-corrected chi connectivity index (χ3v) is 3.84. The Morgan fingerprint density at radius 3 is 3.07 bits per heavy atom. The Labute approximate surface area is 88.5 Å². The van der Waals surface area contributed by atoms with Crippen molar-refractivity contribution in [2.75, 3.05) is 19.6 Å². The van der Waals surface area contributed by atoms with Crippen LogP contribution < -0.4 is 10.0 Å². The van der Waals surface area contributed by atoms with E-state index in [0.29, 0.717) is 12.5 Å². The van der Waals surface area contributed by atoms with E-state index in [9.17, 15) is 8.42 Å². The second-order valence-corrected chi connectivity index (χ2v) is 5.36. The van der Waals surface area contributed by atoms with Crippen LogP contribution in [0.5, 0.6) is 0 Å². The fourth-order valence-electron chi connectivity index (χ4n) is 1.58. The zero-order chi connectivity index (χ0) is 10.7. The molecule has 1 atom stereocenters. The Morgan fingerprint density at radius 1 is 1.60 bits per heavy atom. The van der Waals surface area contributed by atoms with E-state index in [1.807, 2.05) is 0 Å². The molecule has 0 bridgehead atoms. The van der Waals surface area contributed by atoms with Crippen LogP contribution in [0, 0.1) is 5.92 Å². The predicted octanol–water partition coefficient (Wildman–Crippen LogP) is -0.702. The predicted molar refractivity (Wildman–Crippen MR) is 54.8 cm³/mol. The third kappa shape index (κ3) is 2.55. The normalized spacial score (nSPS) is 22.0. The van der Waals surface area contributed by atoms with Crippen LogP contribution >= 0.6 is 0 Å². The molecule has 1 unspecified atom stereocenters. The van der Waals surface area contributed by atoms with Gasteiger partial charge in [0.2, 0.25) is 0 Å². The van der Waals surface area contributed by atoms with Crippen molar-refractivity contribution in [3.05, 3.63) is 12.5 Å². The molecule has 2 heterocycles. The second kappa shape index (κ2) is 4.30. The molecule has 0 radical (unpaired) electrons. The van der Waals surface area contributed by atoms with Crippen molar-refractivity contribution in [1.82, 2.24) is 20.0 Å². The maximum Gasteiger partial charge on any atom is 0.257 e. The van der Waals surface area contributed by atoms with E-state index in [0.717, 1.165) is 19.5 Å². The van der Waals surface area contributed by atoms with Crippen molar-refractivity contribution in [1.29, 1.82) is 0 Å². The SMILES string of the molecule is O=S(=O)(NCC1CCNC1)c1cnc[nH]1. The van der Waals surface area contributed by atoms with Crippen LogP contribution in [0.1, 0.15) is 6.42 Å². The molecule has 0 saturated carbocycles. The molecule has 15 heavy (non-hydrogen) atoms. The van der Waals surface area contributed by atoms with Gasteiger partial charge in [-0.2, -0.15) is 0 Å². The molecule has 1 aliphatic rings. The summed E-state index contributed by atoms with van der Waals surface area (Å²) in [6.07, 6.45) is 3.67. The van der Waals surface area contributed by atoms with Gasteiger partial charge in [-0.25, -0.2) is 18.1 Å². The van der Waals surface area contributed by atoms with Crippen LogP contribution in [-0.2, 0) is 10.0 Å². The first-order valence-electron chi connectivity index (χ1n) is 4.87. The van der Waals surface area contributed by atoms with Gasteiger partial charge in [-0.3, -0.25) is 0 Å². The van der Waals surface area contributed by atoms with Gasteiger partial charge in [-0.1, -0.05) is 0 Å². The number of hydrogen-bond donors (Lipinski definition) is 3. The van der Waals surface area contributed by atoms with Crippen molar-refractivity contribution in [2.24, 2.45) is 5.92 Å². The summed E-state index contributed by atoms with van der Waals surface area (Å²) in [6, 6.07) is 0. The molecule has 2 rings (SSSR count). The number of nitrogens with one attached hydrogen (secondary N) is 3. The number of aromatic amines is 1. The monoisotopic (exact) mass is 230 g/mol. The largest absolute Gasteiger partial charge is 0.335 e. The van der Waals surface area contributed by atoms with Crippen LogP contribution in [-0.4, -0.2) is 38.0 Å². The van der Waals surface area contributed by atoms with E-state index in [1.165, 1.54) is 12.5 Å². The Kier molecular flexibility index (Phi) is 3.03. The van der Waals surface area contributed by atoms with E-state index >= 15 is 0 Å². The number of H-pyrrole nitrogens is 1. The highest BCUT2D eigenvalue weighted by atomic mass is 32.2. The summed E-state index contributed by atoms with van der Waals surface area (Å²) >= 11 is 0. The molecule has 1 aromatic rings. The molecule has 0 spiro atoms. The average molecular weight is 230 g/mol. The van der Waals surface area contributed by atoms with Crippen LogP contribution in [0.4, 0.5) is 0 Å². The molecule has 6 nitrogen and oxygen atoms in total. The van der Waals surface area contributed by atoms with Crippen molar-refractivity contribution < 1.29 is 8.42 Å². The van der Waals surface area contributed by atoms with Gasteiger partial charge in [-0.15, -0.1) is 0 Å². The molecule has 84 valence electrons. The first-order valence-corrected chi connectivity index (χ1v) is 6.35. The highest BCUT2D eigenvalue weighted by molar-refractivity contribution is 7.89. The minimum absolute atomic E-state index is 0.119. The van der Waals surface area contributed by atoms with Crippen LogP contribution in [0.25, 0.3) is 0 Å². The van der Waals surface area contributed by atoms with Crippen LogP contribution in [0.3, 0.4) is 0 Å². The summed E-state index contributed by atoms with van der Waals surface area (Å²) in [5, 5.41) is 3.31. The summed E-state index contributed by atoms with van der Waals surface area (Å²) < 4.78 is 25.9. The number of rotatable bonds is 4. The van der Waals surface area contributed by atoms with Gasteiger partial charge in [0.15, 0.2) is 5.03 Å². The van der Waals surface area contributed by atoms with E-state index in [-0.39, 0.29) is 5.03 Å². The maximum absolute atomic E-state index is 11.6. The lowest BCUT2D eigenvalue weighted by molar-refractivity contribution is 0.537. The van der Waals surface area contributed by atoms with Crippen LogP contribution in [0.2, 0.25) is 0 Å². The Balaban J connectivity index is 1.93. The van der Waals surface area contributed by atoms with Crippen molar-refractivity contribution in [3.8, 4) is 0 Å². The average Bonchev–Trinajstić information content (AvgIpc) is 2.88. The third-order valence-electron chi connectivity index (χ3n) is 2.49. The molecule has 7 heteroatoms. The Bertz CT molecular complexity index is 394. The summed E-state index contributed by atoms with van der Waals surface area (Å²) in [5.74, 6) is 0.391. The van der Waals surface area contributed by atoms with Gasteiger partial charge in [0.05, 0.1) is 12.5 Å². The first-order chi connectivity index (χ1) is 7.18. The number of imidazole rings is 1. The molecule has 1 aromatic heterocycles. The number of sulfonamides is 1. The lowest BCUT2D eigenvalue weighted by Crippen LogP contribution is -2.30. The fourth-order valence-corrected chi connectivity index (χ4v) is 2.60. The van der Waals surface area contributed by atoms with Gasteiger partial charge < -0.3 is 10.3 Å². The number of hydrogen-bond acceptors (Lipinski definition) is 4. The topological polar surface area (TPSA) is 86.9 Å². The maximum atomic E-state index is 11.6. The zero-order valence-electron chi connectivity index (χ0n) is 8.23. The summed E-state index contributed by atoms with van der Waals surface area (Å²) in [6.45, 7) is 2.33. The summed E-state index contributed by atoms with van der Waals surface area (Å²) in [7, 11) is -3.40. The highest BCUT2D eigenvalue weighted by Gasteiger charge is 2.19. The van der Waals surface area contributed by atoms with Gasteiger partial charge in [-0.05, 0) is 25.4 Å². The quantitative estimate of drug-likeness (QED) is 0.638. The minimum Gasteiger partial charge on any atom is -0.335 e. The van der Waals surface area contributed by atoms with E-state index in [2.05, 4.69) is 20.0 Å². The van der Waals surface area contributed by atoms with Gasteiger partial charge >= 0.3 is 0 Å². The molecule has 3 N–H and O–H groups in total. The molecule has 1 saturated heterocycles. The molecule has 1 fully saturated rings. The Hall–Kier alpha value is -0.920. The van der Waals surface area contributed by atoms with E-state index in [4.69, 9.17) is 0 Å². The first kappa shape index (κ1) is 10.6. The molecular formula is C8H14N4O2S. The van der Waals surface area contributed by atoms with Crippen molar-refractivity contribution in [3.63, 3.8) is 0 Å². The molecule has 0 aliphatic carbocycles. The number of nitrogens with zero attached hydrogens (tertiary/aromatic N) is 1. The molecule has 0 aromatic carbocycles. The fraction of sp³-hybridized carbons (Fsp3) is 0.625. The molecular weight excluding hydrogens is 216 g/mol. The zero-order valence-corrected chi connectivity index (χ0v) is 9.05. The lowest BCUT2D eigenvalue weighted by atomic mass is 10.1. The smallest absolute Gasteiger partial charge is 0.257 e. The van der Waals surface area contributed by atoms with Gasteiger partial charge in [0, 0.05) is 6.54 Å². The van der Waals surface area contributed by atoms with Crippen molar-refractivity contribution >= 4 is 10.0 Å². The lowest BCUT2D eigenvalue weighted by Gasteiger charge is -2.09. The molecule has 1 aliphatic heterocycles. The standard InChI is InChI=1S/C8H14N4O2S/c13-15(14,8-5-10-6-11-8)12-4-7-1-2-9-3-7/h5-7,9,12H,1-4H2,(H,10,11). The van der Waals surface area contributed by atoms with Gasteiger partial charge in [0.25, 0.3) is 10.0 Å². The van der Waals surface area contributed by atoms with Gasteiger partial charge in [0.1, 0.15) is 0 Å². The molecule has 0 amide bonds. The van der Waals surface area contributed by atoms with Crippen molar-refractivity contribution in [2.45, 2.75) is 11.4 Å². The Morgan fingerprint density at radius 2 is 2.47 bits per heavy atom.